The third kappa shape index (κ3) is 5.37. The molecule has 114 valence electrons. The monoisotopic (exact) mass is 400 g/mol. The third-order valence-electron chi connectivity index (χ3n) is 3.10. The van der Waals surface area contributed by atoms with Crippen LogP contribution >= 0.6 is 24.0 Å². The van der Waals surface area contributed by atoms with Gasteiger partial charge in [0.05, 0.1) is 6.54 Å². The van der Waals surface area contributed by atoms with Crippen LogP contribution in [-0.4, -0.2) is 18.2 Å². The molecule has 21 heavy (non-hydrogen) atoms. The highest BCUT2D eigenvalue weighted by atomic mass is 127. The van der Waals surface area contributed by atoms with E-state index in [-0.39, 0.29) is 24.0 Å². The number of nitrogens with one attached hydrogen (secondary N) is 2. The first-order valence-corrected chi connectivity index (χ1v) is 6.74. The van der Waals surface area contributed by atoms with Gasteiger partial charge in [-0.2, -0.15) is 0 Å². The Hall–Kier alpha value is -1.57. The van der Waals surface area contributed by atoms with Crippen LogP contribution in [0.4, 0.5) is 0 Å². The average Bonchev–Trinajstić information content (AvgIpc) is 3.01. The lowest BCUT2D eigenvalue weighted by Gasteiger charge is -2.13. The molecule has 0 bridgehead atoms. The minimum atomic E-state index is 0. The molecule has 2 N–H and O–H groups in total. The van der Waals surface area contributed by atoms with Gasteiger partial charge in [-0.1, -0.05) is 36.3 Å². The van der Waals surface area contributed by atoms with Gasteiger partial charge in [-0.3, -0.25) is 4.99 Å². The van der Waals surface area contributed by atoms with Crippen molar-refractivity contribution in [1.82, 2.24) is 15.8 Å². The van der Waals surface area contributed by atoms with E-state index in [1.807, 2.05) is 6.07 Å². The Morgan fingerprint density at radius 1 is 1.14 bits per heavy atom. The summed E-state index contributed by atoms with van der Waals surface area (Å²) in [6, 6.07) is 10.2. The van der Waals surface area contributed by atoms with Crippen LogP contribution in [0.1, 0.15) is 23.7 Å². The smallest absolute Gasteiger partial charge is 0.191 e. The first kappa shape index (κ1) is 17.5. The first-order valence-electron chi connectivity index (χ1n) is 6.74. The molecule has 2 rings (SSSR count). The summed E-state index contributed by atoms with van der Waals surface area (Å²) in [6.45, 7) is 3.50. The Kier molecular flexibility index (Phi) is 7.81. The summed E-state index contributed by atoms with van der Waals surface area (Å²) >= 11 is 0. The van der Waals surface area contributed by atoms with Crippen LogP contribution in [0.3, 0.4) is 0 Å². The fraction of sp³-hybridized carbons (Fsp3) is 0.333. The minimum absolute atomic E-state index is 0. The molecule has 0 radical (unpaired) electrons. The molecule has 0 spiro atoms. The maximum Gasteiger partial charge on any atom is 0.191 e. The van der Waals surface area contributed by atoms with Crippen molar-refractivity contribution >= 4 is 29.9 Å². The fourth-order valence-electron chi connectivity index (χ4n) is 1.98. The molecule has 0 saturated heterocycles. The van der Waals surface area contributed by atoms with Gasteiger partial charge in [0.1, 0.15) is 12.0 Å². The van der Waals surface area contributed by atoms with Crippen LogP contribution in [-0.2, 0) is 19.5 Å². The number of aryl methyl sites for hydroxylation is 1. The van der Waals surface area contributed by atoms with Crippen molar-refractivity contribution in [1.29, 1.82) is 0 Å². The van der Waals surface area contributed by atoms with Crippen molar-refractivity contribution in [2.24, 2.45) is 4.99 Å². The Morgan fingerprint density at radius 2 is 1.86 bits per heavy atom. The van der Waals surface area contributed by atoms with Crippen molar-refractivity contribution < 1.29 is 4.52 Å². The molecular formula is C15H21IN4O. The van der Waals surface area contributed by atoms with E-state index in [0.717, 1.165) is 24.6 Å². The van der Waals surface area contributed by atoms with Gasteiger partial charge in [0, 0.05) is 19.7 Å². The van der Waals surface area contributed by atoms with Gasteiger partial charge in [-0.15, -0.1) is 24.0 Å². The SMILES string of the molecule is CCc1ccccc1CNC(=NC)NCc1ccon1.I. The van der Waals surface area contributed by atoms with Gasteiger partial charge < -0.3 is 15.2 Å². The summed E-state index contributed by atoms with van der Waals surface area (Å²) in [5.74, 6) is 0.749. The molecule has 2 aromatic rings. The first-order chi connectivity index (χ1) is 9.83. The van der Waals surface area contributed by atoms with E-state index in [4.69, 9.17) is 4.52 Å². The van der Waals surface area contributed by atoms with Crippen molar-refractivity contribution in [3.05, 3.63) is 53.4 Å². The zero-order valence-corrected chi connectivity index (χ0v) is 14.6. The number of rotatable bonds is 5. The largest absolute Gasteiger partial charge is 0.364 e. The molecule has 0 aliphatic rings. The quantitative estimate of drug-likeness (QED) is 0.460. The molecule has 0 amide bonds. The number of guanidine groups is 1. The second-order valence-electron chi connectivity index (χ2n) is 4.39. The summed E-state index contributed by atoms with van der Waals surface area (Å²) < 4.78 is 4.79. The standard InChI is InChI=1S/C15H20N4O.HI/c1-3-12-6-4-5-7-13(12)10-17-15(16-2)18-11-14-8-9-20-19-14;/h4-9H,3,10-11H2,1-2H3,(H2,16,17,18);1H. The van der Waals surface area contributed by atoms with Crippen LogP contribution in [0.5, 0.6) is 0 Å². The molecule has 0 fully saturated rings. The highest BCUT2D eigenvalue weighted by Gasteiger charge is 2.03. The highest BCUT2D eigenvalue weighted by Crippen LogP contribution is 2.08. The van der Waals surface area contributed by atoms with Crippen molar-refractivity contribution in [2.45, 2.75) is 26.4 Å². The van der Waals surface area contributed by atoms with Gasteiger partial charge in [0.25, 0.3) is 0 Å². The van der Waals surface area contributed by atoms with Crippen LogP contribution in [0.25, 0.3) is 0 Å². The second-order valence-corrected chi connectivity index (χ2v) is 4.39. The zero-order valence-electron chi connectivity index (χ0n) is 12.3. The lowest BCUT2D eigenvalue weighted by atomic mass is 10.1. The molecule has 1 aromatic heterocycles. The van der Waals surface area contributed by atoms with E-state index in [9.17, 15) is 0 Å². The van der Waals surface area contributed by atoms with Crippen molar-refractivity contribution in [3.63, 3.8) is 0 Å². The van der Waals surface area contributed by atoms with Crippen molar-refractivity contribution in [3.8, 4) is 0 Å². The highest BCUT2D eigenvalue weighted by molar-refractivity contribution is 14.0. The molecule has 0 saturated carbocycles. The lowest BCUT2D eigenvalue weighted by molar-refractivity contribution is 0.410. The van der Waals surface area contributed by atoms with E-state index in [0.29, 0.717) is 6.54 Å². The summed E-state index contributed by atoms with van der Waals surface area (Å²) in [5.41, 5.74) is 3.49. The number of benzene rings is 1. The predicted octanol–water partition coefficient (Wildman–Crippen LogP) is 2.72. The number of nitrogens with zero attached hydrogens (tertiary/aromatic N) is 2. The Morgan fingerprint density at radius 3 is 2.48 bits per heavy atom. The number of hydrogen-bond acceptors (Lipinski definition) is 3. The molecule has 0 atom stereocenters. The van der Waals surface area contributed by atoms with E-state index in [1.54, 1.807) is 13.3 Å². The van der Waals surface area contributed by atoms with E-state index in [2.05, 4.69) is 52.0 Å². The van der Waals surface area contributed by atoms with Gasteiger partial charge in [-0.25, -0.2) is 0 Å². The van der Waals surface area contributed by atoms with Gasteiger partial charge in [-0.05, 0) is 17.5 Å². The average molecular weight is 400 g/mol. The van der Waals surface area contributed by atoms with Gasteiger partial charge >= 0.3 is 0 Å². The Bertz CT molecular complexity index is 555. The molecule has 0 unspecified atom stereocenters. The predicted molar refractivity (Wildman–Crippen MR) is 94.8 cm³/mol. The number of hydrogen-bond donors (Lipinski definition) is 2. The lowest BCUT2D eigenvalue weighted by Crippen LogP contribution is -2.36. The number of aromatic nitrogens is 1. The third-order valence-corrected chi connectivity index (χ3v) is 3.10. The summed E-state index contributed by atoms with van der Waals surface area (Å²) in [4.78, 5) is 4.19. The van der Waals surface area contributed by atoms with Crippen LogP contribution in [0.2, 0.25) is 0 Å². The van der Waals surface area contributed by atoms with Crippen LogP contribution in [0, 0.1) is 0 Å². The molecule has 0 aliphatic heterocycles. The van der Waals surface area contributed by atoms with E-state index >= 15 is 0 Å². The van der Waals surface area contributed by atoms with E-state index in [1.165, 1.54) is 11.1 Å². The van der Waals surface area contributed by atoms with E-state index < -0.39 is 0 Å². The minimum Gasteiger partial charge on any atom is -0.364 e. The number of halogens is 1. The molecule has 5 nitrogen and oxygen atoms in total. The molecular weight excluding hydrogens is 379 g/mol. The summed E-state index contributed by atoms with van der Waals surface area (Å²) in [6.07, 6.45) is 2.59. The Balaban J connectivity index is 0.00000220. The van der Waals surface area contributed by atoms with Crippen molar-refractivity contribution in [2.75, 3.05) is 7.05 Å². The molecule has 6 heteroatoms. The fourth-order valence-corrected chi connectivity index (χ4v) is 1.98. The molecule has 1 aromatic carbocycles. The van der Waals surface area contributed by atoms with Gasteiger partial charge in [0.2, 0.25) is 0 Å². The second kappa shape index (κ2) is 9.38. The molecule has 1 heterocycles. The zero-order chi connectivity index (χ0) is 14.2. The summed E-state index contributed by atoms with van der Waals surface area (Å²) in [7, 11) is 1.75. The summed E-state index contributed by atoms with van der Waals surface area (Å²) in [5, 5.41) is 10.3. The normalized spacial score (nSPS) is 10.9. The molecule has 0 aliphatic carbocycles. The maximum absolute atomic E-state index is 4.79. The van der Waals surface area contributed by atoms with Crippen LogP contribution in [0.15, 0.2) is 46.1 Å². The maximum atomic E-state index is 4.79. The van der Waals surface area contributed by atoms with Gasteiger partial charge in [0.15, 0.2) is 5.96 Å². The van der Waals surface area contributed by atoms with Crippen LogP contribution < -0.4 is 10.6 Å². The topological polar surface area (TPSA) is 62.5 Å². The Labute approximate surface area is 142 Å². The number of aliphatic imine (C=N–C) groups is 1.